The minimum absolute atomic E-state index is 0.330. The van der Waals surface area contributed by atoms with Crippen LogP contribution in [0.4, 0.5) is 5.69 Å². The van der Waals surface area contributed by atoms with Crippen molar-refractivity contribution in [1.29, 1.82) is 0 Å². The number of rotatable bonds is 1. The number of para-hydroxylation sites is 1. The minimum atomic E-state index is -1.07. The first-order chi connectivity index (χ1) is 8.59. The topological polar surface area (TPSA) is 55.7 Å². The summed E-state index contributed by atoms with van der Waals surface area (Å²) in [6, 6.07) is 7.72. The number of aliphatic hydroxyl groups is 2. The highest BCUT2D eigenvalue weighted by Crippen LogP contribution is 2.33. The fraction of sp³-hybridized carbons (Fsp3) is 0.429. The molecule has 96 valence electrons. The van der Waals surface area contributed by atoms with E-state index in [9.17, 15) is 10.2 Å². The van der Waals surface area contributed by atoms with Gasteiger partial charge in [-0.2, -0.15) is 0 Å². The summed E-state index contributed by atoms with van der Waals surface area (Å²) < 4.78 is 0. The van der Waals surface area contributed by atoms with E-state index in [1.807, 2.05) is 24.3 Å². The van der Waals surface area contributed by atoms with E-state index in [1.165, 1.54) is 0 Å². The summed E-state index contributed by atoms with van der Waals surface area (Å²) in [5, 5.41) is 23.4. The van der Waals surface area contributed by atoms with E-state index >= 15 is 0 Å². The zero-order valence-corrected chi connectivity index (χ0v) is 10.4. The smallest absolute Gasteiger partial charge is 0.136 e. The number of anilines is 1. The quantitative estimate of drug-likeness (QED) is 0.678. The van der Waals surface area contributed by atoms with Gasteiger partial charge in [0, 0.05) is 18.8 Å². The van der Waals surface area contributed by atoms with Crippen LogP contribution in [0.25, 0.3) is 6.08 Å². The van der Waals surface area contributed by atoms with Gasteiger partial charge in [-0.05, 0) is 18.6 Å². The fourth-order valence-electron chi connectivity index (χ4n) is 2.96. The van der Waals surface area contributed by atoms with Gasteiger partial charge in [0.25, 0.3) is 0 Å². The maximum absolute atomic E-state index is 10.4. The van der Waals surface area contributed by atoms with Crippen LogP contribution < -0.4 is 10.2 Å². The molecule has 0 radical (unpaired) electrons. The summed E-state index contributed by atoms with van der Waals surface area (Å²) in [5.74, 6) is 0. The molecule has 1 aromatic carbocycles. The number of aliphatic hydroxyl groups excluding tert-OH is 1. The Hall–Kier alpha value is -1.36. The lowest BCUT2D eigenvalue weighted by atomic mass is 9.99. The number of hydrogen-bond donors (Lipinski definition) is 3. The molecule has 0 spiro atoms. The molecule has 1 aromatic rings. The highest BCUT2D eigenvalue weighted by atomic mass is 16.3. The summed E-state index contributed by atoms with van der Waals surface area (Å²) in [7, 11) is 0. The zero-order valence-electron chi connectivity index (χ0n) is 10.4. The molecule has 0 aliphatic carbocycles. The van der Waals surface area contributed by atoms with Gasteiger partial charge in [0.1, 0.15) is 5.72 Å². The number of hydrogen-bond acceptors (Lipinski definition) is 4. The zero-order chi connectivity index (χ0) is 12.8. The molecule has 4 nitrogen and oxygen atoms in total. The predicted molar refractivity (Wildman–Crippen MR) is 71.2 cm³/mol. The van der Waals surface area contributed by atoms with Gasteiger partial charge in [-0.1, -0.05) is 30.4 Å². The third kappa shape index (κ3) is 1.73. The molecule has 0 aromatic heterocycles. The van der Waals surface area contributed by atoms with Crippen molar-refractivity contribution in [2.24, 2.45) is 0 Å². The standard InChI is InChI=1S/C14H18N2O2/c1-14(18)13(12(17)9-15-14)16-8-4-6-10-5-2-3-7-11(10)16/h2-7,12-13,15,17-18H,8-9H2,1H3. The first kappa shape index (κ1) is 11.7. The number of fused-ring (bicyclic) bond motifs is 1. The Morgan fingerprint density at radius 2 is 2.17 bits per heavy atom. The normalized spacial score (nSPS) is 34.7. The lowest BCUT2D eigenvalue weighted by Gasteiger charge is -2.40. The Balaban J connectivity index is 2.01. The van der Waals surface area contributed by atoms with E-state index in [-0.39, 0.29) is 6.04 Å². The SMILES string of the molecule is CC1(O)NCC(O)C1N1CC=Cc2ccccc21. The summed E-state index contributed by atoms with van der Waals surface area (Å²) in [5.41, 5.74) is 1.12. The largest absolute Gasteiger partial charge is 0.389 e. The van der Waals surface area contributed by atoms with Crippen molar-refractivity contribution < 1.29 is 10.2 Å². The maximum atomic E-state index is 10.4. The molecule has 3 N–H and O–H groups in total. The van der Waals surface area contributed by atoms with Crippen LogP contribution in [0, 0.1) is 0 Å². The number of nitrogens with zero attached hydrogens (tertiary/aromatic N) is 1. The average Bonchev–Trinajstić information content (AvgIpc) is 2.63. The molecule has 3 atom stereocenters. The molecule has 18 heavy (non-hydrogen) atoms. The third-order valence-corrected chi connectivity index (χ3v) is 3.79. The van der Waals surface area contributed by atoms with Crippen molar-refractivity contribution in [3.05, 3.63) is 35.9 Å². The van der Waals surface area contributed by atoms with Crippen molar-refractivity contribution in [2.75, 3.05) is 18.0 Å². The van der Waals surface area contributed by atoms with Gasteiger partial charge >= 0.3 is 0 Å². The second-order valence-corrected chi connectivity index (χ2v) is 5.15. The van der Waals surface area contributed by atoms with Gasteiger partial charge in [-0.15, -0.1) is 0 Å². The molecule has 3 unspecified atom stereocenters. The van der Waals surface area contributed by atoms with Gasteiger partial charge in [-0.25, -0.2) is 0 Å². The minimum Gasteiger partial charge on any atom is -0.389 e. The van der Waals surface area contributed by atoms with Crippen molar-refractivity contribution in [3.63, 3.8) is 0 Å². The van der Waals surface area contributed by atoms with Crippen LogP contribution in [-0.2, 0) is 0 Å². The van der Waals surface area contributed by atoms with Crippen LogP contribution in [0.1, 0.15) is 12.5 Å². The number of benzene rings is 1. The highest BCUT2D eigenvalue weighted by Gasteiger charge is 2.47. The Bertz CT molecular complexity index is 484. The molecule has 0 amide bonds. The van der Waals surface area contributed by atoms with Crippen LogP contribution in [-0.4, -0.2) is 41.2 Å². The monoisotopic (exact) mass is 246 g/mol. The molecular formula is C14H18N2O2. The molecule has 2 aliphatic heterocycles. The second kappa shape index (κ2) is 4.09. The van der Waals surface area contributed by atoms with E-state index in [2.05, 4.69) is 22.4 Å². The number of nitrogens with one attached hydrogen (secondary N) is 1. The lowest BCUT2D eigenvalue weighted by Crippen LogP contribution is -2.56. The van der Waals surface area contributed by atoms with Crippen molar-refractivity contribution in [1.82, 2.24) is 5.32 Å². The molecule has 2 aliphatic rings. The Morgan fingerprint density at radius 3 is 2.89 bits per heavy atom. The molecular weight excluding hydrogens is 228 g/mol. The summed E-state index contributed by atoms with van der Waals surface area (Å²) >= 11 is 0. The third-order valence-electron chi connectivity index (χ3n) is 3.79. The molecule has 4 heteroatoms. The van der Waals surface area contributed by atoms with Crippen LogP contribution in [0.5, 0.6) is 0 Å². The van der Waals surface area contributed by atoms with E-state index in [0.29, 0.717) is 13.1 Å². The van der Waals surface area contributed by atoms with E-state index in [4.69, 9.17) is 0 Å². The second-order valence-electron chi connectivity index (χ2n) is 5.15. The van der Waals surface area contributed by atoms with Gasteiger partial charge in [0.2, 0.25) is 0 Å². The Morgan fingerprint density at radius 1 is 1.39 bits per heavy atom. The van der Waals surface area contributed by atoms with Crippen LogP contribution in [0.3, 0.4) is 0 Å². The summed E-state index contributed by atoms with van der Waals surface area (Å²) in [4.78, 5) is 2.07. The van der Waals surface area contributed by atoms with Gasteiger partial charge in [-0.3, -0.25) is 5.32 Å². The van der Waals surface area contributed by atoms with Crippen LogP contribution in [0.2, 0.25) is 0 Å². The van der Waals surface area contributed by atoms with Crippen molar-refractivity contribution in [3.8, 4) is 0 Å². The van der Waals surface area contributed by atoms with Crippen molar-refractivity contribution in [2.45, 2.75) is 24.8 Å². The molecule has 1 saturated heterocycles. The fourth-order valence-corrected chi connectivity index (χ4v) is 2.96. The molecule has 0 bridgehead atoms. The Labute approximate surface area is 107 Å². The van der Waals surface area contributed by atoms with Gasteiger partial charge in [0.15, 0.2) is 0 Å². The van der Waals surface area contributed by atoms with Gasteiger partial charge < -0.3 is 15.1 Å². The maximum Gasteiger partial charge on any atom is 0.136 e. The first-order valence-electron chi connectivity index (χ1n) is 6.27. The van der Waals surface area contributed by atoms with Crippen LogP contribution >= 0.6 is 0 Å². The summed E-state index contributed by atoms with van der Waals surface area (Å²) in [6.07, 6.45) is 3.57. The summed E-state index contributed by atoms with van der Waals surface area (Å²) in [6.45, 7) is 2.84. The van der Waals surface area contributed by atoms with E-state index in [1.54, 1.807) is 6.92 Å². The molecule has 1 fully saturated rings. The molecule has 2 heterocycles. The average molecular weight is 246 g/mol. The number of β-amino-alcohol motifs (C(OH)–C–C–N with tert-alkyl or cyclic N) is 1. The lowest BCUT2D eigenvalue weighted by molar-refractivity contribution is 0.0101. The van der Waals surface area contributed by atoms with E-state index in [0.717, 1.165) is 11.3 Å². The van der Waals surface area contributed by atoms with Crippen LogP contribution in [0.15, 0.2) is 30.3 Å². The molecule has 0 saturated carbocycles. The van der Waals surface area contributed by atoms with E-state index < -0.39 is 11.8 Å². The Kier molecular flexibility index (Phi) is 2.66. The molecule has 3 rings (SSSR count). The van der Waals surface area contributed by atoms with Gasteiger partial charge in [0.05, 0.1) is 12.1 Å². The highest BCUT2D eigenvalue weighted by molar-refractivity contribution is 5.71. The first-order valence-corrected chi connectivity index (χ1v) is 6.27. The predicted octanol–water partition coefficient (Wildman–Crippen LogP) is 0.561. The van der Waals surface area contributed by atoms with Crippen molar-refractivity contribution >= 4 is 11.8 Å².